The Bertz CT molecular complexity index is 911. The number of amides is 1. The van der Waals surface area contributed by atoms with Gasteiger partial charge in [0.25, 0.3) is 0 Å². The molecule has 2 saturated heterocycles. The normalized spacial score (nSPS) is 45.9. The average Bonchev–Trinajstić information content (AvgIpc) is 3.23. The minimum absolute atomic E-state index is 0.000549. The van der Waals surface area contributed by atoms with Gasteiger partial charge in [0.05, 0.1) is 30.3 Å². The lowest BCUT2D eigenvalue weighted by Gasteiger charge is -2.35. The molecule has 0 unspecified atom stereocenters. The number of hydrogen-bond acceptors (Lipinski definition) is 4. The highest BCUT2D eigenvalue weighted by molar-refractivity contribution is 5.85. The summed E-state index contributed by atoms with van der Waals surface area (Å²) in [5.41, 5.74) is 2.03. The molecule has 1 amide bonds. The SMILES string of the molecule is CC=CC=CC[C@@H]1C[C@H](O)[C@H]2[C@@H]3/C(C)=C/[C@H]4C=C[C@@H](O)[C@@H](O)[C@@H]4/C(C)=C/C=C\[C@@H]3C(=O)N12. The first-order chi connectivity index (χ1) is 15.3. The third-order valence-corrected chi connectivity index (χ3v) is 7.61. The van der Waals surface area contributed by atoms with E-state index in [2.05, 4.69) is 12.2 Å². The number of fused-ring (bicyclic) bond motifs is 4. The number of aliphatic hydroxyl groups excluding tert-OH is 3. The highest BCUT2D eigenvalue weighted by Gasteiger charge is 2.56. The minimum Gasteiger partial charge on any atom is -0.391 e. The van der Waals surface area contributed by atoms with Gasteiger partial charge in [0.1, 0.15) is 0 Å². The van der Waals surface area contributed by atoms with Gasteiger partial charge in [-0.2, -0.15) is 0 Å². The average molecular weight is 438 g/mol. The standard InChI is InChI=1S/C27H35NO4/c1-4-5-6-7-10-19-15-22(30)25-24-17(3)14-18-12-13-21(29)26(31)23(18)16(2)9-8-11-20(24)27(32)28(19)25/h4-9,11-14,18-26,29-31H,10,15H2,1-3H3/b5-4?,7-6?,11-8-,16-9+,17-14+/t18-,19-,20+,21-,22+,23-,24-,25+,26-/m1/s1. The number of carbonyl (C=O) groups excluding carboxylic acids is 1. The molecule has 172 valence electrons. The second kappa shape index (κ2) is 9.34. The molecule has 3 N–H and O–H groups in total. The van der Waals surface area contributed by atoms with E-state index in [1.54, 1.807) is 6.08 Å². The molecule has 0 bridgehead atoms. The molecule has 9 atom stereocenters. The summed E-state index contributed by atoms with van der Waals surface area (Å²) in [6.07, 6.45) is 18.6. The van der Waals surface area contributed by atoms with Crippen LogP contribution in [0.25, 0.3) is 0 Å². The fourth-order valence-electron chi connectivity index (χ4n) is 6.13. The molecule has 4 rings (SSSR count). The first-order valence-electron chi connectivity index (χ1n) is 11.7. The van der Waals surface area contributed by atoms with E-state index in [-0.39, 0.29) is 41.7 Å². The lowest BCUT2D eigenvalue weighted by atomic mass is 9.73. The molecular weight excluding hydrogens is 402 g/mol. The van der Waals surface area contributed by atoms with Crippen molar-refractivity contribution in [2.45, 2.75) is 64.0 Å². The van der Waals surface area contributed by atoms with E-state index in [9.17, 15) is 20.1 Å². The molecule has 0 aromatic rings. The molecule has 0 saturated carbocycles. The van der Waals surface area contributed by atoms with Crippen molar-refractivity contribution in [3.63, 3.8) is 0 Å². The van der Waals surface area contributed by atoms with Crippen molar-refractivity contribution in [3.05, 3.63) is 71.9 Å². The van der Waals surface area contributed by atoms with Crippen LogP contribution in [0.15, 0.2) is 71.9 Å². The molecule has 32 heavy (non-hydrogen) atoms. The van der Waals surface area contributed by atoms with E-state index in [1.165, 1.54) is 0 Å². The summed E-state index contributed by atoms with van der Waals surface area (Å²) in [5, 5.41) is 31.8. The predicted octanol–water partition coefficient (Wildman–Crippen LogP) is 3.07. The molecule has 2 fully saturated rings. The third kappa shape index (κ3) is 3.98. The smallest absolute Gasteiger partial charge is 0.230 e. The highest BCUT2D eigenvalue weighted by Crippen LogP contribution is 2.47. The van der Waals surface area contributed by atoms with Gasteiger partial charge in [0, 0.05) is 23.8 Å². The van der Waals surface area contributed by atoms with Crippen LogP contribution in [0.5, 0.6) is 0 Å². The zero-order valence-corrected chi connectivity index (χ0v) is 19.1. The van der Waals surface area contributed by atoms with Crippen LogP contribution in [0, 0.1) is 23.7 Å². The molecule has 0 aromatic heterocycles. The monoisotopic (exact) mass is 437 g/mol. The van der Waals surface area contributed by atoms with Crippen molar-refractivity contribution >= 4 is 5.91 Å². The summed E-state index contributed by atoms with van der Waals surface area (Å²) >= 11 is 0. The Hall–Kier alpha value is -2.21. The van der Waals surface area contributed by atoms with Crippen LogP contribution < -0.4 is 0 Å². The molecule has 2 heterocycles. The van der Waals surface area contributed by atoms with Crippen LogP contribution in [0.3, 0.4) is 0 Å². The molecule has 2 aliphatic heterocycles. The van der Waals surface area contributed by atoms with E-state index < -0.39 is 18.3 Å². The minimum atomic E-state index is -0.885. The van der Waals surface area contributed by atoms with Crippen LogP contribution in [0.1, 0.15) is 33.6 Å². The van der Waals surface area contributed by atoms with Gasteiger partial charge in [-0.3, -0.25) is 4.79 Å². The molecule has 5 nitrogen and oxygen atoms in total. The lowest BCUT2D eigenvalue weighted by molar-refractivity contribution is -0.132. The summed E-state index contributed by atoms with van der Waals surface area (Å²) in [5.74, 6) is -0.626. The lowest BCUT2D eigenvalue weighted by Crippen LogP contribution is -2.40. The molecule has 4 aliphatic rings. The van der Waals surface area contributed by atoms with Gasteiger partial charge in [0.15, 0.2) is 0 Å². The maximum atomic E-state index is 13.5. The Morgan fingerprint density at radius 2 is 1.84 bits per heavy atom. The van der Waals surface area contributed by atoms with E-state index >= 15 is 0 Å². The Kier molecular flexibility index (Phi) is 6.70. The van der Waals surface area contributed by atoms with Gasteiger partial charge >= 0.3 is 0 Å². The van der Waals surface area contributed by atoms with Crippen LogP contribution >= 0.6 is 0 Å². The summed E-state index contributed by atoms with van der Waals surface area (Å²) in [6, 6.07) is -0.237. The summed E-state index contributed by atoms with van der Waals surface area (Å²) in [4.78, 5) is 15.5. The molecule has 0 aromatic carbocycles. The van der Waals surface area contributed by atoms with E-state index in [4.69, 9.17) is 0 Å². The van der Waals surface area contributed by atoms with Crippen molar-refractivity contribution < 1.29 is 20.1 Å². The van der Waals surface area contributed by atoms with Crippen molar-refractivity contribution in [2.75, 3.05) is 0 Å². The number of hydrogen-bond donors (Lipinski definition) is 3. The predicted molar refractivity (Wildman–Crippen MR) is 125 cm³/mol. The zero-order chi connectivity index (χ0) is 23.0. The number of aliphatic hydroxyl groups is 3. The second-order valence-electron chi connectivity index (χ2n) is 9.61. The largest absolute Gasteiger partial charge is 0.391 e. The highest BCUT2D eigenvalue weighted by atomic mass is 16.3. The van der Waals surface area contributed by atoms with Crippen molar-refractivity contribution in [1.29, 1.82) is 0 Å². The Labute approximate surface area is 190 Å². The van der Waals surface area contributed by atoms with Gasteiger partial charge in [-0.25, -0.2) is 0 Å². The van der Waals surface area contributed by atoms with Crippen LogP contribution in [0.2, 0.25) is 0 Å². The van der Waals surface area contributed by atoms with Crippen molar-refractivity contribution in [3.8, 4) is 0 Å². The van der Waals surface area contributed by atoms with Crippen LogP contribution in [0.4, 0.5) is 0 Å². The summed E-state index contributed by atoms with van der Waals surface area (Å²) in [6.45, 7) is 5.97. The quantitative estimate of drug-likeness (QED) is 0.468. The van der Waals surface area contributed by atoms with Gasteiger partial charge in [-0.1, -0.05) is 71.9 Å². The Balaban J connectivity index is 1.71. The van der Waals surface area contributed by atoms with Crippen molar-refractivity contribution in [2.24, 2.45) is 23.7 Å². The van der Waals surface area contributed by atoms with Crippen LogP contribution in [-0.2, 0) is 4.79 Å². The maximum Gasteiger partial charge on any atom is 0.230 e. The number of carbonyl (C=O) groups is 1. The van der Waals surface area contributed by atoms with Gasteiger partial charge in [-0.15, -0.1) is 0 Å². The van der Waals surface area contributed by atoms with E-state index in [1.807, 2.05) is 68.2 Å². The van der Waals surface area contributed by atoms with Gasteiger partial charge in [-0.05, 0) is 33.6 Å². The first kappa shape index (κ1) is 23.0. The molecule has 2 aliphatic carbocycles. The van der Waals surface area contributed by atoms with E-state index in [0.29, 0.717) is 6.42 Å². The molecular formula is C27H35NO4. The number of allylic oxidation sites excluding steroid dienone is 7. The molecule has 0 spiro atoms. The van der Waals surface area contributed by atoms with Gasteiger partial charge < -0.3 is 20.2 Å². The fourth-order valence-corrected chi connectivity index (χ4v) is 6.13. The molecule has 0 radical (unpaired) electrons. The Morgan fingerprint density at radius 1 is 1.06 bits per heavy atom. The fraction of sp³-hybridized carbons (Fsp3) is 0.519. The summed E-state index contributed by atoms with van der Waals surface area (Å²) in [7, 11) is 0. The van der Waals surface area contributed by atoms with E-state index in [0.717, 1.165) is 17.6 Å². The Morgan fingerprint density at radius 3 is 2.59 bits per heavy atom. The summed E-state index contributed by atoms with van der Waals surface area (Å²) < 4.78 is 0. The third-order valence-electron chi connectivity index (χ3n) is 7.61. The second-order valence-corrected chi connectivity index (χ2v) is 9.61. The maximum absolute atomic E-state index is 13.5. The number of nitrogens with zero attached hydrogens (tertiary/aromatic N) is 1. The zero-order valence-electron chi connectivity index (χ0n) is 19.1. The van der Waals surface area contributed by atoms with Crippen LogP contribution in [-0.4, -0.2) is 56.5 Å². The number of rotatable bonds is 3. The van der Waals surface area contributed by atoms with Gasteiger partial charge in [0.2, 0.25) is 5.91 Å². The van der Waals surface area contributed by atoms with Crippen molar-refractivity contribution in [1.82, 2.24) is 4.90 Å². The topological polar surface area (TPSA) is 81.0 Å². The first-order valence-corrected chi connectivity index (χ1v) is 11.7. The molecule has 5 heteroatoms.